The molecule has 2 aromatic rings. The predicted octanol–water partition coefficient (Wildman–Crippen LogP) is 3.17. The standard InChI is InChI=1S/C13H14BrNO2S/c1-9-12(7-14)15(13(16)18-9)8-10-3-5-11(17-2)6-4-10/h3-6H,7-8H2,1-2H3. The number of methoxy groups -OCH3 is 1. The molecule has 0 aliphatic heterocycles. The summed E-state index contributed by atoms with van der Waals surface area (Å²) in [6.45, 7) is 2.58. The van der Waals surface area contributed by atoms with Gasteiger partial charge in [0.25, 0.3) is 0 Å². The van der Waals surface area contributed by atoms with E-state index in [1.165, 1.54) is 11.3 Å². The molecule has 0 atom stereocenters. The maximum atomic E-state index is 11.9. The second-order valence-electron chi connectivity index (χ2n) is 3.94. The van der Waals surface area contributed by atoms with Crippen LogP contribution in [0.4, 0.5) is 0 Å². The van der Waals surface area contributed by atoms with E-state index < -0.39 is 0 Å². The minimum atomic E-state index is 0.0952. The van der Waals surface area contributed by atoms with Gasteiger partial charge in [0.1, 0.15) is 5.75 Å². The molecule has 0 aliphatic rings. The number of nitrogens with zero attached hydrogens (tertiary/aromatic N) is 1. The molecule has 0 saturated carbocycles. The summed E-state index contributed by atoms with van der Waals surface area (Å²) in [6, 6.07) is 7.79. The van der Waals surface area contributed by atoms with Crippen molar-refractivity contribution in [3.05, 3.63) is 50.1 Å². The van der Waals surface area contributed by atoms with Gasteiger partial charge in [-0.25, -0.2) is 0 Å². The molecule has 0 spiro atoms. The van der Waals surface area contributed by atoms with E-state index in [-0.39, 0.29) is 4.87 Å². The molecule has 0 radical (unpaired) electrons. The summed E-state index contributed by atoms with van der Waals surface area (Å²) in [7, 11) is 1.64. The molecule has 0 saturated heterocycles. The first-order chi connectivity index (χ1) is 8.65. The molecule has 5 heteroatoms. The molecule has 0 unspecified atom stereocenters. The van der Waals surface area contributed by atoms with E-state index in [9.17, 15) is 4.79 Å². The molecular formula is C13H14BrNO2S. The van der Waals surface area contributed by atoms with Gasteiger partial charge >= 0.3 is 4.87 Å². The molecule has 0 aliphatic carbocycles. The SMILES string of the molecule is COc1ccc(Cn2c(CBr)c(C)sc2=O)cc1. The van der Waals surface area contributed by atoms with E-state index in [1.807, 2.05) is 35.8 Å². The Labute approximate surface area is 118 Å². The van der Waals surface area contributed by atoms with E-state index in [0.29, 0.717) is 11.9 Å². The number of aryl methyl sites for hydroxylation is 1. The molecule has 3 nitrogen and oxygen atoms in total. The fraction of sp³-hybridized carbons (Fsp3) is 0.308. The molecule has 0 fully saturated rings. The van der Waals surface area contributed by atoms with Crippen LogP contribution in [0.2, 0.25) is 0 Å². The number of rotatable bonds is 4. The van der Waals surface area contributed by atoms with Gasteiger partial charge in [-0.1, -0.05) is 39.4 Å². The first-order valence-electron chi connectivity index (χ1n) is 5.53. The third-order valence-corrected chi connectivity index (χ3v) is 4.29. The molecule has 1 aromatic carbocycles. The highest BCUT2D eigenvalue weighted by Gasteiger charge is 2.10. The van der Waals surface area contributed by atoms with Gasteiger partial charge in [0.2, 0.25) is 0 Å². The van der Waals surface area contributed by atoms with E-state index in [0.717, 1.165) is 21.9 Å². The van der Waals surface area contributed by atoms with Gasteiger partial charge in [0.15, 0.2) is 0 Å². The normalized spacial score (nSPS) is 10.6. The predicted molar refractivity (Wildman–Crippen MR) is 78.0 cm³/mol. The lowest BCUT2D eigenvalue weighted by atomic mass is 10.2. The molecule has 1 aromatic heterocycles. The monoisotopic (exact) mass is 327 g/mol. The van der Waals surface area contributed by atoms with Gasteiger partial charge < -0.3 is 4.74 Å². The van der Waals surface area contributed by atoms with Gasteiger partial charge in [-0.3, -0.25) is 9.36 Å². The fourth-order valence-electron chi connectivity index (χ4n) is 1.78. The molecule has 2 rings (SSSR count). The van der Waals surface area contributed by atoms with Crippen molar-refractivity contribution in [1.29, 1.82) is 0 Å². The van der Waals surface area contributed by atoms with Crippen molar-refractivity contribution in [1.82, 2.24) is 4.57 Å². The zero-order valence-electron chi connectivity index (χ0n) is 10.3. The number of hydrogen-bond acceptors (Lipinski definition) is 3. The van der Waals surface area contributed by atoms with Crippen LogP contribution in [0.15, 0.2) is 29.1 Å². The highest BCUT2D eigenvalue weighted by molar-refractivity contribution is 9.08. The number of halogens is 1. The van der Waals surface area contributed by atoms with Crippen LogP contribution in [0.1, 0.15) is 16.1 Å². The van der Waals surface area contributed by atoms with Gasteiger partial charge in [-0.15, -0.1) is 0 Å². The maximum Gasteiger partial charge on any atom is 0.307 e. The number of alkyl halides is 1. The number of aromatic nitrogens is 1. The second kappa shape index (κ2) is 5.71. The van der Waals surface area contributed by atoms with E-state index in [2.05, 4.69) is 15.9 Å². The Hall–Kier alpha value is -1.07. The highest BCUT2D eigenvalue weighted by Crippen LogP contribution is 2.17. The molecule has 18 heavy (non-hydrogen) atoms. The maximum absolute atomic E-state index is 11.9. The van der Waals surface area contributed by atoms with Crippen molar-refractivity contribution >= 4 is 27.3 Å². The average molecular weight is 328 g/mol. The van der Waals surface area contributed by atoms with Crippen molar-refractivity contribution in [2.45, 2.75) is 18.8 Å². The van der Waals surface area contributed by atoms with Crippen LogP contribution in [0.5, 0.6) is 5.75 Å². The summed E-state index contributed by atoms with van der Waals surface area (Å²) >= 11 is 4.74. The smallest absolute Gasteiger partial charge is 0.307 e. The summed E-state index contributed by atoms with van der Waals surface area (Å²) in [6.07, 6.45) is 0. The van der Waals surface area contributed by atoms with Gasteiger partial charge in [-0.05, 0) is 24.6 Å². The van der Waals surface area contributed by atoms with Crippen molar-refractivity contribution in [2.75, 3.05) is 7.11 Å². The molecule has 0 N–H and O–H groups in total. The Morgan fingerprint density at radius 1 is 1.33 bits per heavy atom. The Balaban J connectivity index is 2.30. The van der Waals surface area contributed by atoms with Crippen LogP contribution >= 0.6 is 27.3 Å². The average Bonchev–Trinajstić information content (AvgIpc) is 2.64. The minimum Gasteiger partial charge on any atom is -0.497 e. The van der Waals surface area contributed by atoms with Crippen LogP contribution in [0.3, 0.4) is 0 Å². The minimum absolute atomic E-state index is 0.0952. The lowest BCUT2D eigenvalue weighted by Crippen LogP contribution is -2.16. The van der Waals surface area contributed by atoms with Crippen LogP contribution in [-0.2, 0) is 11.9 Å². The number of thiazole rings is 1. The van der Waals surface area contributed by atoms with Crippen molar-refractivity contribution in [2.24, 2.45) is 0 Å². The molecule has 0 amide bonds. The Morgan fingerprint density at radius 3 is 2.56 bits per heavy atom. The quantitative estimate of drug-likeness (QED) is 0.807. The third kappa shape index (κ3) is 2.67. The first-order valence-corrected chi connectivity index (χ1v) is 7.47. The zero-order chi connectivity index (χ0) is 13.1. The summed E-state index contributed by atoms with van der Waals surface area (Å²) in [5.74, 6) is 0.827. The number of hydrogen-bond donors (Lipinski definition) is 0. The summed E-state index contributed by atoms with van der Waals surface area (Å²) in [4.78, 5) is 13.1. The lowest BCUT2D eigenvalue weighted by molar-refractivity contribution is 0.414. The topological polar surface area (TPSA) is 31.2 Å². The van der Waals surface area contributed by atoms with Crippen LogP contribution in [-0.4, -0.2) is 11.7 Å². The first kappa shape index (κ1) is 13.4. The summed E-state index contributed by atoms with van der Waals surface area (Å²) < 4.78 is 6.93. The fourth-order valence-corrected chi connectivity index (χ4v) is 3.54. The van der Waals surface area contributed by atoms with E-state index >= 15 is 0 Å². The van der Waals surface area contributed by atoms with Crippen molar-refractivity contribution < 1.29 is 4.74 Å². The third-order valence-electron chi connectivity index (χ3n) is 2.82. The Bertz CT molecular complexity index is 586. The van der Waals surface area contributed by atoms with Crippen molar-refractivity contribution in [3.63, 3.8) is 0 Å². The Morgan fingerprint density at radius 2 is 2.00 bits per heavy atom. The second-order valence-corrected chi connectivity index (χ2v) is 5.67. The molecule has 1 heterocycles. The van der Waals surface area contributed by atoms with Gasteiger partial charge in [0, 0.05) is 15.9 Å². The molecule has 0 bridgehead atoms. The Kier molecular flexibility index (Phi) is 4.24. The van der Waals surface area contributed by atoms with Gasteiger partial charge in [0.05, 0.1) is 13.7 Å². The van der Waals surface area contributed by atoms with Gasteiger partial charge in [-0.2, -0.15) is 0 Å². The zero-order valence-corrected chi connectivity index (χ0v) is 12.7. The van der Waals surface area contributed by atoms with Crippen LogP contribution in [0.25, 0.3) is 0 Å². The summed E-state index contributed by atoms with van der Waals surface area (Å²) in [5.41, 5.74) is 2.15. The lowest BCUT2D eigenvalue weighted by Gasteiger charge is -2.07. The van der Waals surface area contributed by atoms with Crippen molar-refractivity contribution in [3.8, 4) is 5.75 Å². The highest BCUT2D eigenvalue weighted by atomic mass is 79.9. The van der Waals surface area contributed by atoms with Crippen LogP contribution < -0.4 is 9.61 Å². The molecular weight excluding hydrogens is 314 g/mol. The molecule has 96 valence electrons. The number of ether oxygens (including phenoxy) is 1. The van der Waals surface area contributed by atoms with E-state index in [1.54, 1.807) is 7.11 Å². The largest absolute Gasteiger partial charge is 0.497 e. The number of benzene rings is 1. The van der Waals surface area contributed by atoms with Crippen LogP contribution in [0, 0.1) is 6.92 Å². The summed E-state index contributed by atoms with van der Waals surface area (Å²) in [5, 5.41) is 0.702. The van der Waals surface area contributed by atoms with E-state index in [4.69, 9.17) is 4.74 Å².